The maximum atomic E-state index is 12.4. The predicted molar refractivity (Wildman–Crippen MR) is 120 cm³/mol. The Labute approximate surface area is 183 Å². The van der Waals surface area contributed by atoms with Gasteiger partial charge in [-0.05, 0) is 31.2 Å². The fourth-order valence-electron chi connectivity index (χ4n) is 3.09. The topological polar surface area (TPSA) is 132 Å². The van der Waals surface area contributed by atoms with Crippen molar-refractivity contribution in [3.63, 3.8) is 0 Å². The van der Waals surface area contributed by atoms with Gasteiger partial charge in [-0.3, -0.25) is 9.59 Å². The van der Waals surface area contributed by atoms with Gasteiger partial charge >= 0.3 is 0 Å². The number of amides is 1. The molecule has 1 atom stereocenters. The number of carbonyl (C=O) groups excluding carboxylic acids is 1. The Hall–Kier alpha value is -3.61. The molecule has 2 heterocycles. The Morgan fingerprint density at radius 2 is 2.10 bits per heavy atom. The van der Waals surface area contributed by atoms with E-state index in [1.165, 1.54) is 16.8 Å². The van der Waals surface area contributed by atoms with E-state index in [0.29, 0.717) is 28.0 Å². The zero-order chi connectivity index (χ0) is 22.5. The van der Waals surface area contributed by atoms with Gasteiger partial charge < -0.3 is 25.6 Å². The molecule has 1 amide bonds. The lowest BCUT2D eigenvalue weighted by Crippen LogP contribution is -2.39. The van der Waals surface area contributed by atoms with Crippen LogP contribution in [0, 0.1) is 11.3 Å². The van der Waals surface area contributed by atoms with Gasteiger partial charge in [0.15, 0.2) is 0 Å². The molecule has 0 aliphatic heterocycles. The van der Waals surface area contributed by atoms with E-state index in [1.807, 2.05) is 12.1 Å². The van der Waals surface area contributed by atoms with Crippen LogP contribution in [0.5, 0.6) is 0 Å². The normalized spacial score (nSPS) is 11.6. The molecule has 3 rings (SSSR count). The number of aliphatic hydroxyl groups excluding tert-OH is 1. The van der Waals surface area contributed by atoms with Gasteiger partial charge in [0.25, 0.3) is 5.56 Å². The highest BCUT2D eigenvalue weighted by Gasteiger charge is 2.16. The zero-order valence-corrected chi connectivity index (χ0v) is 17.7. The number of halogens is 1. The number of aryl methyl sites for hydroxylation is 1. The molecule has 0 saturated carbocycles. The Morgan fingerprint density at radius 3 is 2.81 bits per heavy atom. The summed E-state index contributed by atoms with van der Waals surface area (Å²) in [6, 6.07) is 9.81. The van der Waals surface area contributed by atoms with Crippen LogP contribution >= 0.6 is 11.6 Å². The number of aromatic nitrogens is 2. The van der Waals surface area contributed by atoms with E-state index >= 15 is 0 Å². The van der Waals surface area contributed by atoms with Gasteiger partial charge in [-0.1, -0.05) is 11.6 Å². The van der Waals surface area contributed by atoms with Crippen LogP contribution in [0.1, 0.15) is 12.5 Å². The number of nitriles is 1. The van der Waals surface area contributed by atoms with Crippen molar-refractivity contribution >= 4 is 45.5 Å². The number of pyridine rings is 2. The summed E-state index contributed by atoms with van der Waals surface area (Å²) in [7, 11) is 1.66. The number of nitrogens with one attached hydrogen (secondary N) is 3. The summed E-state index contributed by atoms with van der Waals surface area (Å²) < 4.78 is 1.50. The lowest BCUT2D eigenvalue weighted by Gasteiger charge is -2.18. The van der Waals surface area contributed by atoms with Gasteiger partial charge in [0, 0.05) is 42.6 Å². The van der Waals surface area contributed by atoms with E-state index in [2.05, 4.69) is 20.9 Å². The first-order valence-corrected chi connectivity index (χ1v) is 9.84. The van der Waals surface area contributed by atoms with E-state index in [4.69, 9.17) is 16.7 Å². The number of fused-ring (bicyclic) bond motifs is 1. The average molecular weight is 441 g/mol. The monoisotopic (exact) mass is 440 g/mol. The number of aliphatic hydroxyl groups is 1. The molecule has 0 aliphatic rings. The molecule has 0 aliphatic carbocycles. The van der Waals surface area contributed by atoms with Crippen molar-refractivity contribution in [1.29, 1.82) is 5.26 Å². The molecule has 2 aromatic heterocycles. The summed E-state index contributed by atoms with van der Waals surface area (Å²) in [5.74, 6) is -0.303. The van der Waals surface area contributed by atoms with Crippen LogP contribution in [-0.2, 0) is 11.8 Å². The molecule has 31 heavy (non-hydrogen) atoms. The molecule has 0 saturated heterocycles. The van der Waals surface area contributed by atoms with E-state index in [9.17, 15) is 14.9 Å². The molecule has 0 spiro atoms. The molecule has 0 bridgehead atoms. The Balaban J connectivity index is 2.01. The van der Waals surface area contributed by atoms with Crippen LogP contribution in [0.3, 0.4) is 0 Å². The molecule has 9 nitrogen and oxygen atoms in total. The van der Waals surface area contributed by atoms with Crippen molar-refractivity contribution in [1.82, 2.24) is 14.9 Å². The largest absolute Gasteiger partial charge is 0.395 e. The SMILES string of the molecule is CC(Nc1cc(=O)n(C)c2ccc(Nc3ccnc(Cl)c3C#N)cc12)C(=O)NCCO. The summed E-state index contributed by atoms with van der Waals surface area (Å²) in [6.45, 7) is 1.65. The van der Waals surface area contributed by atoms with Crippen molar-refractivity contribution in [3.8, 4) is 6.07 Å². The van der Waals surface area contributed by atoms with Gasteiger partial charge in [-0.15, -0.1) is 0 Å². The Morgan fingerprint density at radius 1 is 1.32 bits per heavy atom. The number of benzene rings is 1. The highest BCUT2D eigenvalue weighted by atomic mass is 35.5. The summed E-state index contributed by atoms with van der Waals surface area (Å²) in [6.07, 6.45) is 1.50. The molecule has 1 aromatic carbocycles. The molecular formula is C21H21ClN6O3. The zero-order valence-electron chi connectivity index (χ0n) is 16.9. The third-order valence-corrected chi connectivity index (χ3v) is 5.00. The highest BCUT2D eigenvalue weighted by Crippen LogP contribution is 2.29. The van der Waals surface area contributed by atoms with Gasteiger partial charge in [-0.2, -0.15) is 5.26 Å². The van der Waals surface area contributed by atoms with E-state index in [-0.39, 0.29) is 35.3 Å². The average Bonchev–Trinajstić information content (AvgIpc) is 2.75. The fourth-order valence-corrected chi connectivity index (χ4v) is 3.29. The number of rotatable bonds is 7. The smallest absolute Gasteiger partial charge is 0.252 e. The van der Waals surface area contributed by atoms with Gasteiger partial charge in [0.1, 0.15) is 22.8 Å². The number of hydrogen-bond acceptors (Lipinski definition) is 7. The van der Waals surface area contributed by atoms with E-state index in [1.54, 1.807) is 32.2 Å². The third kappa shape index (κ3) is 4.77. The number of carbonyl (C=O) groups is 1. The third-order valence-electron chi connectivity index (χ3n) is 4.72. The Bertz CT molecular complexity index is 1230. The van der Waals surface area contributed by atoms with Crippen LogP contribution < -0.4 is 21.5 Å². The van der Waals surface area contributed by atoms with Crippen molar-refractivity contribution in [2.75, 3.05) is 23.8 Å². The minimum absolute atomic E-state index is 0.0979. The maximum Gasteiger partial charge on any atom is 0.252 e. The van der Waals surface area contributed by atoms with Crippen molar-refractivity contribution < 1.29 is 9.90 Å². The summed E-state index contributed by atoms with van der Waals surface area (Å²) in [5.41, 5.74) is 2.30. The lowest BCUT2D eigenvalue weighted by molar-refractivity contribution is -0.121. The number of nitrogens with zero attached hydrogens (tertiary/aromatic N) is 3. The molecule has 1 unspecified atom stereocenters. The summed E-state index contributed by atoms with van der Waals surface area (Å²) in [4.78, 5) is 28.5. The van der Waals surface area contributed by atoms with Crippen molar-refractivity contribution in [3.05, 3.63) is 57.6 Å². The van der Waals surface area contributed by atoms with Crippen LogP contribution in [0.15, 0.2) is 41.3 Å². The van der Waals surface area contributed by atoms with Crippen molar-refractivity contribution in [2.45, 2.75) is 13.0 Å². The first-order valence-electron chi connectivity index (χ1n) is 9.46. The lowest BCUT2D eigenvalue weighted by atomic mass is 10.1. The van der Waals surface area contributed by atoms with Gasteiger partial charge in [0.05, 0.1) is 17.8 Å². The fraction of sp³-hybridized carbons (Fsp3) is 0.238. The van der Waals surface area contributed by atoms with Crippen LogP contribution in [-0.4, -0.2) is 39.8 Å². The number of anilines is 3. The standard InChI is InChI=1S/C21H21ClN6O3/c1-12(21(31)25-7-8-29)26-17-10-19(30)28(2)18-4-3-13(9-14(17)18)27-16-5-6-24-20(22)15(16)11-23/h3-6,9-10,12,26,29H,7-8H2,1-2H3,(H,24,27)(H,25,31). The summed E-state index contributed by atoms with van der Waals surface area (Å²) >= 11 is 6.00. The first-order chi connectivity index (χ1) is 14.8. The quantitative estimate of drug-likeness (QED) is 0.413. The second-order valence-electron chi connectivity index (χ2n) is 6.83. The van der Waals surface area contributed by atoms with Gasteiger partial charge in [-0.25, -0.2) is 4.98 Å². The second-order valence-corrected chi connectivity index (χ2v) is 7.19. The molecule has 10 heteroatoms. The number of hydrogen-bond donors (Lipinski definition) is 4. The minimum atomic E-state index is -0.636. The molecule has 0 radical (unpaired) electrons. The predicted octanol–water partition coefficient (Wildman–Crippen LogP) is 2.11. The molecule has 0 fully saturated rings. The molecule has 160 valence electrons. The van der Waals surface area contributed by atoms with Gasteiger partial charge in [0.2, 0.25) is 5.91 Å². The molecule has 4 N–H and O–H groups in total. The highest BCUT2D eigenvalue weighted by molar-refractivity contribution is 6.31. The minimum Gasteiger partial charge on any atom is -0.395 e. The van der Waals surface area contributed by atoms with Crippen LogP contribution in [0.25, 0.3) is 10.9 Å². The second kappa shape index (κ2) is 9.47. The van der Waals surface area contributed by atoms with Crippen LogP contribution in [0.4, 0.5) is 17.1 Å². The van der Waals surface area contributed by atoms with Crippen molar-refractivity contribution in [2.24, 2.45) is 7.05 Å². The Kier molecular flexibility index (Phi) is 6.74. The van der Waals surface area contributed by atoms with E-state index < -0.39 is 6.04 Å². The maximum absolute atomic E-state index is 12.4. The van der Waals surface area contributed by atoms with Crippen LogP contribution in [0.2, 0.25) is 5.15 Å². The molecular weight excluding hydrogens is 420 g/mol. The first kappa shape index (κ1) is 22.1. The summed E-state index contributed by atoms with van der Waals surface area (Å²) in [5, 5.41) is 27.8. The van der Waals surface area contributed by atoms with E-state index in [0.717, 1.165) is 0 Å². The molecule has 3 aromatic rings.